The Bertz CT molecular complexity index is 807. The van der Waals surface area contributed by atoms with Gasteiger partial charge in [-0.05, 0) is 42.0 Å². The Kier molecular flexibility index (Phi) is 6.48. The average Bonchev–Trinajstić information content (AvgIpc) is 2.72. The number of nitrogens with one attached hydrogen (secondary N) is 1. The molecule has 1 unspecified atom stereocenters. The molecule has 0 spiro atoms. The van der Waals surface area contributed by atoms with Gasteiger partial charge in [-0.25, -0.2) is 0 Å². The first-order valence-electron chi connectivity index (χ1n) is 9.01. The number of halogens is 1. The first kappa shape index (κ1) is 19.4. The molecule has 1 aliphatic rings. The maximum absolute atomic E-state index is 12.8. The molecule has 142 valence electrons. The van der Waals surface area contributed by atoms with Gasteiger partial charge in [0.1, 0.15) is 5.75 Å². The van der Waals surface area contributed by atoms with Crippen molar-refractivity contribution in [3.63, 3.8) is 0 Å². The summed E-state index contributed by atoms with van der Waals surface area (Å²) in [6.07, 6.45) is 0.388. The maximum Gasteiger partial charge on any atom is 0.223 e. The van der Waals surface area contributed by atoms with Crippen LogP contribution in [-0.4, -0.2) is 43.3 Å². The highest BCUT2D eigenvalue weighted by Gasteiger charge is 2.28. The van der Waals surface area contributed by atoms with E-state index in [0.29, 0.717) is 29.4 Å². The molecule has 2 aromatic rings. The number of Topliss-reactive ketones (excluding diaryl/α,β-unsaturated/α-hetero) is 1. The van der Waals surface area contributed by atoms with Gasteiger partial charge < -0.3 is 15.0 Å². The summed E-state index contributed by atoms with van der Waals surface area (Å²) in [6.45, 7) is 2.04. The van der Waals surface area contributed by atoms with Crippen LogP contribution in [0.2, 0.25) is 5.02 Å². The Morgan fingerprint density at radius 1 is 1.19 bits per heavy atom. The molecule has 1 amide bonds. The number of amides is 1. The summed E-state index contributed by atoms with van der Waals surface area (Å²) in [5.74, 6) is 0.650. The Morgan fingerprint density at radius 3 is 2.67 bits per heavy atom. The molecule has 2 aromatic carbocycles. The average molecular weight is 387 g/mol. The summed E-state index contributed by atoms with van der Waals surface area (Å²) in [7, 11) is 1.58. The summed E-state index contributed by atoms with van der Waals surface area (Å²) in [4.78, 5) is 27.0. The standard InChI is InChI=1S/C21H23ClN2O3/c1-27-18-7-5-15(6-8-18)20(25)9-10-21(26)24-12-11-23-14-19(24)16-3-2-4-17(22)13-16/h2-8,13,19,23H,9-12,14H2,1H3. The SMILES string of the molecule is COc1ccc(C(=O)CCC(=O)N2CCNCC2c2cccc(Cl)c2)cc1. The summed E-state index contributed by atoms with van der Waals surface area (Å²) < 4.78 is 5.10. The first-order chi connectivity index (χ1) is 13.1. The number of ketones is 1. The largest absolute Gasteiger partial charge is 0.497 e. The first-order valence-corrected chi connectivity index (χ1v) is 9.39. The number of piperazine rings is 1. The zero-order chi connectivity index (χ0) is 19.2. The number of rotatable bonds is 6. The van der Waals surface area contributed by atoms with E-state index in [-0.39, 0.29) is 30.6 Å². The fourth-order valence-electron chi connectivity index (χ4n) is 3.30. The van der Waals surface area contributed by atoms with Crippen molar-refractivity contribution < 1.29 is 14.3 Å². The molecule has 0 aromatic heterocycles. The lowest BCUT2D eigenvalue weighted by Crippen LogP contribution is -2.48. The molecule has 1 aliphatic heterocycles. The van der Waals surface area contributed by atoms with Crippen LogP contribution in [0.15, 0.2) is 48.5 Å². The van der Waals surface area contributed by atoms with Crippen LogP contribution in [0.25, 0.3) is 0 Å². The minimum absolute atomic E-state index is 0.0108. The van der Waals surface area contributed by atoms with Crippen LogP contribution >= 0.6 is 11.6 Å². The van der Waals surface area contributed by atoms with Gasteiger partial charge in [0.15, 0.2) is 5.78 Å². The van der Waals surface area contributed by atoms with Gasteiger partial charge in [0.2, 0.25) is 5.91 Å². The highest BCUT2D eigenvalue weighted by Crippen LogP contribution is 2.25. The van der Waals surface area contributed by atoms with Crippen LogP contribution in [-0.2, 0) is 4.79 Å². The third-order valence-electron chi connectivity index (χ3n) is 4.78. The van der Waals surface area contributed by atoms with Crippen LogP contribution in [0.5, 0.6) is 5.75 Å². The molecule has 1 atom stereocenters. The Hall–Kier alpha value is -2.37. The van der Waals surface area contributed by atoms with E-state index < -0.39 is 0 Å². The van der Waals surface area contributed by atoms with Crippen LogP contribution < -0.4 is 10.1 Å². The van der Waals surface area contributed by atoms with Gasteiger partial charge in [0.05, 0.1) is 13.2 Å². The number of carbonyl (C=O) groups excluding carboxylic acids is 2. The molecule has 1 fully saturated rings. The second-order valence-electron chi connectivity index (χ2n) is 6.51. The van der Waals surface area contributed by atoms with E-state index in [1.807, 2.05) is 29.2 Å². The molecule has 5 nitrogen and oxygen atoms in total. The van der Waals surface area contributed by atoms with Crippen LogP contribution in [0, 0.1) is 0 Å². The van der Waals surface area contributed by atoms with Gasteiger partial charge in [-0.3, -0.25) is 9.59 Å². The van der Waals surface area contributed by atoms with Gasteiger partial charge >= 0.3 is 0 Å². The summed E-state index contributed by atoms with van der Waals surface area (Å²) in [6, 6.07) is 14.5. The highest BCUT2D eigenvalue weighted by molar-refractivity contribution is 6.30. The fraction of sp³-hybridized carbons (Fsp3) is 0.333. The number of methoxy groups -OCH3 is 1. The third kappa shape index (κ3) is 4.87. The van der Waals surface area contributed by atoms with E-state index in [1.165, 1.54) is 0 Å². The van der Waals surface area contributed by atoms with Crippen LogP contribution in [0.1, 0.15) is 34.8 Å². The third-order valence-corrected chi connectivity index (χ3v) is 5.01. The molecule has 6 heteroatoms. The van der Waals surface area contributed by atoms with Crippen molar-refractivity contribution in [2.75, 3.05) is 26.7 Å². The molecule has 1 saturated heterocycles. The van der Waals surface area contributed by atoms with Crippen molar-refractivity contribution in [2.45, 2.75) is 18.9 Å². The van der Waals surface area contributed by atoms with Crippen molar-refractivity contribution in [1.29, 1.82) is 0 Å². The predicted octanol–water partition coefficient (Wildman–Crippen LogP) is 3.48. The zero-order valence-electron chi connectivity index (χ0n) is 15.3. The molecule has 1 heterocycles. The zero-order valence-corrected chi connectivity index (χ0v) is 16.0. The highest BCUT2D eigenvalue weighted by atomic mass is 35.5. The van der Waals surface area contributed by atoms with Crippen molar-refractivity contribution in [2.24, 2.45) is 0 Å². The monoisotopic (exact) mass is 386 g/mol. The summed E-state index contributed by atoms with van der Waals surface area (Å²) in [5, 5.41) is 3.98. The lowest BCUT2D eigenvalue weighted by atomic mass is 10.0. The Balaban J connectivity index is 1.63. The van der Waals surface area contributed by atoms with E-state index in [4.69, 9.17) is 16.3 Å². The minimum atomic E-state index is -0.0685. The van der Waals surface area contributed by atoms with E-state index in [0.717, 1.165) is 12.1 Å². The molecule has 0 saturated carbocycles. The van der Waals surface area contributed by atoms with Crippen molar-refractivity contribution >= 4 is 23.3 Å². The number of nitrogens with zero attached hydrogens (tertiary/aromatic N) is 1. The van der Waals surface area contributed by atoms with Gasteiger partial charge in [0, 0.05) is 43.1 Å². The normalized spacial score (nSPS) is 16.8. The topological polar surface area (TPSA) is 58.6 Å². The number of carbonyl (C=O) groups is 2. The lowest BCUT2D eigenvalue weighted by Gasteiger charge is -2.36. The van der Waals surface area contributed by atoms with Crippen molar-refractivity contribution in [1.82, 2.24) is 10.2 Å². The quantitative estimate of drug-likeness (QED) is 0.772. The smallest absolute Gasteiger partial charge is 0.223 e. The van der Waals surface area contributed by atoms with Crippen LogP contribution in [0.4, 0.5) is 0 Å². The van der Waals surface area contributed by atoms with Gasteiger partial charge in [-0.1, -0.05) is 23.7 Å². The van der Waals surface area contributed by atoms with E-state index in [9.17, 15) is 9.59 Å². The summed E-state index contributed by atoms with van der Waals surface area (Å²) in [5.41, 5.74) is 1.60. The van der Waals surface area contributed by atoms with E-state index in [1.54, 1.807) is 31.4 Å². The predicted molar refractivity (Wildman–Crippen MR) is 105 cm³/mol. The Labute approximate surface area is 164 Å². The lowest BCUT2D eigenvalue weighted by molar-refractivity contribution is -0.134. The Morgan fingerprint density at radius 2 is 1.96 bits per heavy atom. The number of ether oxygens (including phenoxy) is 1. The number of hydrogen-bond donors (Lipinski definition) is 1. The van der Waals surface area contributed by atoms with Crippen LogP contribution in [0.3, 0.4) is 0 Å². The van der Waals surface area contributed by atoms with Gasteiger partial charge in [-0.2, -0.15) is 0 Å². The van der Waals surface area contributed by atoms with Gasteiger partial charge in [-0.15, -0.1) is 0 Å². The molecule has 27 heavy (non-hydrogen) atoms. The fourth-order valence-corrected chi connectivity index (χ4v) is 3.50. The number of hydrogen-bond acceptors (Lipinski definition) is 4. The molecule has 1 N–H and O–H groups in total. The maximum atomic E-state index is 12.8. The van der Waals surface area contributed by atoms with E-state index in [2.05, 4.69) is 5.32 Å². The van der Waals surface area contributed by atoms with Gasteiger partial charge in [0.25, 0.3) is 0 Å². The molecule has 0 radical (unpaired) electrons. The molecule has 3 rings (SSSR count). The second-order valence-corrected chi connectivity index (χ2v) is 6.95. The van der Waals surface area contributed by atoms with Crippen molar-refractivity contribution in [3.05, 3.63) is 64.7 Å². The molecular weight excluding hydrogens is 364 g/mol. The van der Waals surface area contributed by atoms with E-state index >= 15 is 0 Å². The molecular formula is C21H23ClN2O3. The molecule has 0 bridgehead atoms. The van der Waals surface area contributed by atoms with Crippen molar-refractivity contribution in [3.8, 4) is 5.75 Å². The minimum Gasteiger partial charge on any atom is -0.497 e. The molecule has 0 aliphatic carbocycles. The number of benzene rings is 2. The summed E-state index contributed by atoms with van der Waals surface area (Å²) >= 11 is 6.11. The second kappa shape index (κ2) is 9.02.